The number of thiazole rings is 1. The van der Waals surface area contributed by atoms with E-state index in [0.717, 1.165) is 27.4 Å². The Morgan fingerprint density at radius 3 is 2.34 bits per heavy atom. The summed E-state index contributed by atoms with van der Waals surface area (Å²) >= 11 is 7.73. The molecule has 0 saturated heterocycles. The number of halogens is 1. The van der Waals surface area contributed by atoms with E-state index >= 15 is 0 Å². The van der Waals surface area contributed by atoms with E-state index in [-0.39, 0.29) is 5.56 Å². The Morgan fingerprint density at radius 1 is 0.868 bits per heavy atom. The molecule has 2 aromatic heterocycles. The van der Waals surface area contributed by atoms with Gasteiger partial charge in [-0.2, -0.15) is 0 Å². The molecule has 0 atom stereocenters. The van der Waals surface area contributed by atoms with Gasteiger partial charge in [-0.1, -0.05) is 66.2 Å². The van der Waals surface area contributed by atoms with E-state index in [0.29, 0.717) is 28.3 Å². The van der Waals surface area contributed by atoms with Crippen molar-refractivity contribution < 1.29 is 0 Å². The molecule has 0 amide bonds. The molecule has 0 unspecified atom stereocenters. The third-order valence-electron chi connectivity index (χ3n) is 6.40. The Labute approximate surface area is 228 Å². The molecule has 38 heavy (non-hydrogen) atoms. The van der Waals surface area contributed by atoms with Crippen LogP contribution in [0.4, 0.5) is 5.69 Å². The lowest BCUT2D eigenvalue weighted by Gasteiger charge is -2.11. The number of hydrogen-bond acceptors (Lipinski definition) is 4. The van der Waals surface area contributed by atoms with Crippen LogP contribution in [-0.4, -0.2) is 14.1 Å². The summed E-state index contributed by atoms with van der Waals surface area (Å²) < 4.78 is 3.87. The van der Waals surface area contributed by atoms with Gasteiger partial charge >= 0.3 is 0 Å². The molecule has 5 nitrogen and oxygen atoms in total. The number of aromatic nitrogens is 3. The molecule has 0 N–H and O–H groups in total. The van der Waals surface area contributed by atoms with Gasteiger partial charge < -0.3 is 4.57 Å². The van der Waals surface area contributed by atoms with Crippen molar-refractivity contribution in [2.75, 3.05) is 0 Å². The minimum Gasteiger partial charge on any atom is -0.312 e. The average molecular weight is 535 g/mol. The van der Waals surface area contributed by atoms with Gasteiger partial charge in [0.1, 0.15) is 5.82 Å². The van der Waals surface area contributed by atoms with E-state index in [1.165, 1.54) is 5.56 Å². The Hall–Kier alpha value is -4.26. The quantitative estimate of drug-likeness (QED) is 0.236. The van der Waals surface area contributed by atoms with Crippen LogP contribution < -0.4 is 10.4 Å². The molecule has 6 aromatic rings. The summed E-state index contributed by atoms with van der Waals surface area (Å²) in [4.78, 5) is 23.7. The smallest absolute Gasteiger partial charge is 0.265 e. The molecule has 0 bridgehead atoms. The number of fused-ring (bicyclic) bond motifs is 1. The van der Waals surface area contributed by atoms with Crippen LogP contribution in [0.5, 0.6) is 0 Å². The van der Waals surface area contributed by atoms with E-state index < -0.39 is 0 Å². The molecule has 6 rings (SSSR count). The molecule has 7 heteroatoms. The largest absolute Gasteiger partial charge is 0.312 e. The van der Waals surface area contributed by atoms with Crippen molar-refractivity contribution in [3.8, 4) is 16.9 Å². The molecule has 186 valence electrons. The predicted octanol–water partition coefficient (Wildman–Crippen LogP) is 7.16. The van der Waals surface area contributed by atoms with Gasteiger partial charge in [0.15, 0.2) is 4.80 Å². The second-order valence-electron chi connectivity index (χ2n) is 8.93. The second-order valence-corrected chi connectivity index (χ2v) is 10.2. The highest BCUT2D eigenvalue weighted by atomic mass is 35.5. The van der Waals surface area contributed by atoms with Crippen molar-refractivity contribution in [1.29, 1.82) is 0 Å². The van der Waals surface area contributed by atoms with E-state index in [1.54, 1.807) is 15.9 Å². The van der Waals surface area contributed by atoms with Crippen molar-refractivity contribution >= 4 is 39.5 Å². The summed E-state index contributed by atoms with van der Waals surface area (Å²) in [5.74, 6) is 0.643. The lowest BCUT2D eigenvalue weighted by molar-refractivity contribution is 0.778. The molecular weight excluding hydrogens is 512 g/mol. The van der Waals surface area contributed by atoms with Gasteiger partial charge in [0, 0.05) is 10.4 Å². The first-order valence-corrected chi connectivity index (χ1v) is 13.4. The summed E-state index contributed by atoms with van der Waals surface area (Å²) in [5, 5.41) is 3.44. The number of aryl methyl sites for hydroxylation is 1. The Kier molecular flexibility index (Phi) is 6.50. The van der Waals surface area contributed by atoms with Crippen LogP contribution in [0.2, 0.25) is 5.02 Å². The van der Waals surface area contributed by atoms with Gasteiger partial charge in [-0.15, -0.1) is 11.3 Å². The zero-order valence-electron chi connectivity index (χ0n) is 20.6. The van der Waals surface area contributed by atoms with Gasteiger partial charge in [0.2, 0.25) is 0 Å². The van der Waals surface area contributed by atoms with Crippen LogP contribution in [0.25, 0.3) is 27.8 Å². The molecule has 2 heterocycles. The molecule has 0 aliphatic carbocycles. The highest BCUT2D eigenvalue weighted by molar-refractivity contribution is 7.07. The maximum absolute atomic E-state index is 13.2. The second kappa shape index (κ2) is 10.2. The molecule has 0 aliphatic rings. The fraction of sp³-hybridized carbons (Fsp3) is 0.0645. The maximum atomic E-state index is 13.2. The summed E-state index contributed by atoms with van der Waals surface area (Å²) in [5.41, 5.74) is 5.54. The van der Waals surface area contributed by atoms with Crippen LogP contribution >= 0.6 is 22.9 Å². The molecule has 0 aliphatic heterocycles. The number of benzene rings is 4. The van der Waals surface area contributed by atoms with E-state index in [1.807, 2.05) is 97.9 Å². The summed E-state index contributed by atoms with van der Waals surface area (Å²) in [6.07, 6.45) is 0. The average Bonchev–Trinajstić information content (AvgIpc) is 3.32. The van der Waals surface area contributed by atoms with E-state index in [2.05, 4.69) is 27.1 Å². The fourth-order valence-electron chi connectivity index (χ4n) is 4.52. The molecule has 0 fully saturated rings. The van der Waals surface area contributed by atoms with Gasteiger partial charge in [-0.3, -0.25) is 9.36 Å². The van der Waals surface area contributed by atoms with Gasteiger partial charge in [0.05, 0.1) is 34.5 Å². The first-order chi connectivity index (χ1) is 18.6. The number of hydrogen-bond donors (Lipinski definition) is 0. The molecule has 0 radical (unpaired) electrons. The Bertz CT molecular complexity index is 1870. The standard InChI is InChI=1S/C31H23ClN4OS/c1-21-33-28-10-6-5-9-27(28)30(37)36(21)26-17-15-25(16-18-26)34-31-35(19-22-7-3-2-4-8-22)29(20-38-31)23-11-13-24(32)14-12-23/h2-18,20H,19H2,1H3. The van der Waals surface area contributed by atoms with Gasteiger partial charge in [-0.05, 0) is 66.6 Å². The number of rotatable bonds is 5. The number of nitrogens with zero attached hydrogens (tertiary/aromatic N) is 4. The Morgan fingerprint density at radius 2 is 1.58 bits per heavy atom. The third-order valence-corrected chi connectivity index (χ3v) is 7.51. The molecule has 0 spiro atoms. The lowest BCUT2D eigenvalue weighted by Crippen LogP contribution is -2.22. The Balaban J connectivity index is 1.41. The summed E-state index contributed by atoms with van der Waals surface area (Å²) in [6, 6.07) is 33.3. The van der Waals surface area contributed by atoms with Crippen LogP contribution in [0.3, 0.4) is 0 Å². The van der Waals surface area contributed by atoms with Crippen molar-refractivity contribution in [2.45, 2.75) is 13.5 Å². The highest BCUT2D eigenvalue weighted by Crippen LogP contribution is 2.24. The van der Waals surface area contributed by atoms with E-state index in [9.17, 15) is 4.79 Å². The van der Waals surface area contributed by atoms with E-state index in [4.69, 9.17) is 16.6 Å². The first-order valence-electron chi connectivity index (χ1n) is 12.2. The minimum atomic E-state index is -0.0793. The van der Waals surface area contributed by atoms with Crippen molar-refractivity contribution in [3.05, 3.63) is 140 Å². The van der Waals surface area contributed by atoms with Gasteiger partial charge in [0.25, 0.3) is 5.56 Å². The van der Waals surface area contributed by atoms with Crippen LogP contribution in [0.1, 0.15) is 11.4 Å². The molecule has 0 saturated carbocycles. The monoisotopic (exact) mass is 534 g/mol. The van der Waals surface area contributed by atoms with Crippen LogP contribution in [0.15, 0.2) is 118 Å². The van der Waals surface area contributed by atoms with Crippen LogP contribution in [-0.2, 0) is 6.54 Å². The zero-order valence-corrected chi connectivity index (χ0v) is 22.2. The van der Waals surface area contributed by atoms with Crippen molar-refractivity contribution in [1.82, 2.24) is 14.1 Å². The first kappa shape index (κ1) is 24.1. The topological polar surface area (TPSA) is 52.2 Å². The summed E-state index contributed by atoms with van der Waals surface area (Å²) in [6.45, 7) is 2.54. The summed E-state index contributed by atoms with van der Waals surface area (Å²) in [7, 11) is 0. The maximum Gasteiger partial charge on any atom is 0.265 e. The van der Waals surface area contributed by atoms with Crippen molar-refractivity contribution in [3.63, 3.8) is 0 Å². The highest BCUT2D eigenvalue weighted by Gasteiger charge is 2.11. The molecule has 4 aromatic carbocycles. The van der Waals surface area contributed by atoms with Crippen LogP contribution in [0, 0.1) is 6.92 Å². The molecular formula is C31H23ClN4OS. The SMILES string of the molecule is Cc1nc2ccccc2c(=O)n1-c1ccc(N=c2scc(-c3ccc(Cl)cc3)n2Cc2ccccc2)cc1. The third kappa shape index (κ3) is 4.72. The van der Waals surface area contributed by atoms with Gasteiger partial charge in [-0.25, -0.2) is 9.98 Å². The lowest BCUT2D eigenvalue weighted by atomic mass is 10.1. The predicted molar refractivity (Wildman–Crippen MR) is 156 cm³/mol. The van der Waals surface area contributed by atoms with Crippen molar-refractivity contribution in [2.24, 2.45) is 4.99 Å². The fourth-order valence-corrected chi connectivity index (χ4v) is 5.58. The normalized spacial score (nSPS) is 11.8. The number of para-hydroxylation sites is 1. The minimum absolute atomic E-state index is 0.0793. The zero-order chi connectivity index (χ0) is 26.1.